The lowest BCUT2D eigenvalue weighted by Crippen LogP contribution is -2.24. The second-order valence-corrected chi connectivity index (χ2v) is 7.21. The number of hydrogen-bond acceptors (Lipinski definition) is 4. The van der Waals surface area contributed by atoms with Crippen LogP contribution in [-0.4, -0.2) is 33.0 Å². The normalized spacial score (nSPS) is 12.7. The third kappa shape index (κ3) is 6.28. The second kappa shape index (κ2) is 8.09. The zero-order valence-corrected chi connectivity index (χ0v) is 14.2. The van der Waals surface area contributed by atoms with Crippen molar-refractivity contribution in [2.45, 2.75) is 11.3 Å². The molecule has 0 aliphatic heterocycles. The number of nitrogens with one attached hydrogen (secondary N) is 1. The monoisotopic (exact) mass is 387 g/mol. The molecule has 0 amide bonds. The molecular weight excluding hydrogens is 371 g/mol. The van der Waals surface area contributed by atoms with Crippen LogP contribution in [0, 0.1) is 0 Å². The molecule has 0 spiro atoms. The van der Waals surface area contributed by atoms with E-state index in [4.69, 9.17) is 5.73 Å². The van der Waals surface area contributed by atoms with E-state index in [-0.39, 0.29) is 28.9 Å². The summed E-state index contributed by atoms with van der Waals surface area (Å²) in [5.74, 6) is -0.650. The Bertz CT molecular complexity index is 852. The molecule has 0 saturated carbocycles. The molecular formula is C16H16F3N3O3S. The number of ether oxygens (including phenoxy) is 1. The van der Waals surface area contributed by atoms with Crippen LogP contribution in [0.5, 0.6) is 5.75 Å². The molecule has 0 radical (unpaired) electrons. The average molecular weight is 387 g/mol. The van der Waals surface area contributed by atoms with E-state index in [9.17, 15) is 21.6 Å². The van der Waals surface area contributed by atoms with Crippen LogP contribution in [-0.2, 0) is 9.84 Å². The molecule has 0 aliphatic carbocycles. The van der Waals surface area contributed by atoms with Crippen molar-refractivity contribution in [1.29, 1.82) is 0 Å². The Morgan fingerprint density at radius 2 is 1.69 bits per heavy atom. The van der Waals surface area contributed by atoms with Gasteiger partial charge in [0.05, 0.1) is 17.2 Å². The number of hydrogen-bond donors (Lipinski definition) is 2. The summed E-state index contributed by atoms with van der Waals surface area (Å²) in [6.07, 6.45) is -4.76. The van der Waals surface area contributed by atoms with Crippen LogP contribution in [0.3, 0.4) is 0 Å². The number of rotatable bonds is 6. The van der Waals surface area contributed by atoms with E-state index >= 15 is 0 Å². The van der Waals surface area contributed by atoms with Crippen molar-refractivity contribution < 1.29 is 26.3 Å². The minimum atomic E-state index is -4.76. The molecule has 0 unspecified atom stereocenters. The van der Waals surface area contributed by atoms with Gasteiger partial charge in [-0.25, -0.2) is 8.42 Å². The number of benzene rings is 2. The maximum absolute atomic E-state index is 12.1. The Labute approximate surface area is 148 Å². The summed E-state index contributed by atoms with van der Waals surface area (Å²) in [4.78, 5) is 4.10. The SMILES string of the molecule is NC(=NCCS(=O)(=O)c1ccccc1)Nc1ccc(OC(F)(F)F)cc1. The number of halogens is 3. The minimum Gasteiger partial charge on any atom is -0.406 e. The summed E-state index contributed by atoms with van der Waals surface area (Å²) < 4.78 is 64.2. The Kier molecular flexibility index (Phi) is 6.09. The number of nitrogens with two attached hydrogens (primary N) is 1. The van der Waals surface area contributed by atoms with Crippen molar-refractivity contribution in [3.63, 3.8) is 0 Å². The molecule has 26 heavy (non-hydrogen) atoms. The first-order valence-corrected chi connectivity index (χ1v) is 9.01. The molecule has 0 aliphatic rings. The van der Waals surface area contributed by atoms with Gasteiger partial charge >= 0.3 is 6.36 Å². The van der Waals surface area contributed by atoms with E-state index in [1.807, 2.05) is 0 Å². The predicted molar refractivity (Wildman–Crippen MR) is 91.7 cm³/mol. The highest BCUT2D eigenvalue weighted by molar-refractivity contribution is 7.91. The van der Waals surface area contributed by atoms with Gasteiger partial charge in [-0.3, -0.25) is 4.99 Å². The van der Waals surface area contributed by atoms with E-state index in [0.29, 0.717) is 5.69 Å². The van der Waals surface area contributed by atoms with Crippen molar-refractivity contribution in [2.24, 2.45) is 10.7 Å². The zero-order chi connectivity index (χ0) is 19.2. The van der Waals surface area contributed by atoms with Crippen LogP contribution >= 0.6 is 0 Å². The summed E-state index contributed by atoms with van der Waals surface area (Å²) in [7, 11) is -3.47. The Morgan fingerprint density at radius 3 is 2.27 bits per heavy atom. The van der Waals surface area contributed by atoms with Crippen LogP contribution in [0.1, 0.15) is 0 Å². The summed E-state index contributed by atoms with van der Waals surface area (Å²) in [5.41, 5.74) is 6.03. The van der Waals surface area contributed by atoms with Crippen LogP contribution in [0.15, 0.2) is 64.5 Å². The lowest BCUT2D eigenvalue weighted by atomic mass is 10.3. The summed E-state index contributed by atoms with van der Waals surface area (Å²) in [5, 5.41) is 2.65. The Hall–Kier alpha value is -2.75. The van der Waals surface area contributed by atoms with Crippen molar-refractivity contribution in [3.8, 4) is 5.75 Å². The highest BCUT2D eigenvalue weighted by atomic mass is 32.2. The number of aliphatic imine (C=N–C) groups is 1. The maximum Gasteiger partial charge on any atom is 0.573 e. The Morgan fingerprint density at radius 1 is 1.08 bits per heavy atom. The van der Waals surface area contributed by atoms with E-state index in [1.165, 1.54) is 24.3 Å². The smallest absolute Gasteiger partial charge is 0.406 e. The molecule has 0 fully saturated rings. The minimum absolute atomic E-state index is 0.0576. The third-order valence-corrected chi connectivity index (χ3v) is 4.82. The number of nitrogens with zero attached hydrogens (tertiary/aromatic N) is 1. The van der Waals surface area contributed by atoms with Crippen LogP contribution in [0.4, 0.5) is 18.9 Å². The first-order valence-electron chi connectivity index (χ1n) is 7.36. The highest BCUT2D eigenvalue weighted by Crippen LogP contribution is 2.23. The zero-order valence-electron chi connectivity index (χ0n) is 13.4. The highest BCUT2D eigenvalue weighted by Gasteiger charge is 2.30. The van der Waals surface area contributed by atoms with E-state index in [2.05, 4.69) is 15.0 Å². The van der Waals surface area contributed by atoms with Gasteiger partial charge in [0.15, 0.2) is 15.8 Å². The fourth-order valence-corrected chi connectivity index (χ4v) is 3.10. The molecule has 10 heteroatoms. The predicted octanol–water partition coefficient (Wildman–Crippen LogP) is 2.79. The van der Waals surface area contributed by atoms with Crippen LogP contribution < -0.4 is 15.8 Å². The molecule has 0 atom stereocenters. The molecule has 2 aromatic rings. The molecule has 0 aromatic heterocycles. The van der Waals surface area contributed by atoms with E-state index < -0.39 is 16.2 Å². The molecule has 140 valence electrons. The molecule has 2 rings (SSSR count). The van der Waals surface area contributed by atoms with Crippen molar-refractivity contribution >= 4 is 21.5 Å². The standard InChI is InChI=1S/C16H16F3N3O3S/c17-16(18,19)25-13-8-6-12(7-9-13)22-15(20)21-10-11-26(23,24)14-4-2-1-3-5-14/h1-9H,10-11H2,(H3,20,21,22). The molecule has 2 aromatic carbocycles. The van der Waals surface area contributed by atoms with Crippen LogP contribution in [0.25, 0.3) is 0 Å². The molecule has 0 bridgehead atoms. The lowest BCUT2D eigenvalue weighted by Gasteiger charge is -2.10. The van der Waals surface area contributed by atoms with Gasteiger partial charge in [-0.1, -0.05) is 18.2 Å². The number of sulfone groups is 1. The lowest BCUT2D eigenvalue weighted by molar-refractivity contribution is -0.274. The first kappa shape index (κ1) is 19.6. The van der Waals surface area contributed by atoms with Crippen molar-refractivity contribution in [3.05, 3.63) is 54.6 Å². The molecule has 0 heterocycles. The fourth-order valence-electron chi connectivity index (χ4n) is 1.96. The van der Waals surface area contributed by atoms with Gasteiger partial charge < -0.3 is 15.8 Å². The van der Waals surface area contributed by atoms with Gasteiger partial charge in [-0.05, 0) is 36.4 Å². The quantitative estimate of drug-likeness (QED) is 0.587. The molecule has 6 nitrogen and oxygen atoms in total. The number of anilines is 1. The van der Waals surface area contributed by atoms with E-state index in [1.54, 1.807) is 18.2 Å². The van der Waals surface area contributed by atoms with Gasteiger partial charge in [0.25, 0.3) is 0 Å². The van der Waals surface area contributed by atoms with Gasteiger partial charge in [-0.15, -0.1) is 13.2 Å². The summed E-state index contributed by atoms with van der Waals surface area (Å²) >= 11 is 0. The topological polar surface area (TPSA) is 93.8 Å². The number of guanidine groups is 1. The second-order valence-electron chi connectivity index (χ2n) is 5.10. The van der Waals surface area contributed by atoms with Gasteiger partial charge in [0.2, 0.25) is 0 Å². The number of alkyl halides is 3. The first-order chi connectivity index (χ1) is 12.2. The van der Waals surface area contributed by atoms with Gasteiger partial charge in [0.1, 0.15) is 5.75 Å². The largest absolute Gasteiger partial charge is 0.573 e. The van der Waals surface area contributed by atoms with Gasteiger partial charge in [0, 0.05) is 5.69 Å². The average Bonchev–Trinajstić information content (AvgIpc) is 2.56. The Balaban J connectivity index is 1.90. The molecule has 3 N–H and O–H groups in total. The van der Waals surface area contributed by atoms with E-state index in [0.717, 1.165) is 12.1 Å². The van der Waals surface area contributed by atoms with Crippen molar-refractivity contribution in [1.82, 2.24) is 0 Å². The summed E-state index contributed by atoms with van der Waals surface area (Å²) in [6.45, 7) is -0.0642. The maximum atomic E-state index is 12.1. The summed E-state index contributed by atoms with van der Waals surface area (Å²) in [6, 6.07) is 12.8. The van der Waals surface area contributed by atoms with Crippen molar-refractivity contribution in [2.75, 3.05) is 17.6 Å². The molecule has 0 saturated heterocycles. The fraction of sp³-hybridized carbons (Fsp3) is 0.188. The van der Waals surface area contributed by atoms with Crippen LogP contribution in [0.2, 0.25) is 0 Å². The van der Waals surface area contributed by atoms with Gasteiger partial charge in [-0.2, -0.15) is 0 Å². The third-order valence-electron chi connectivity index (χ3n) is 3.10.